The lowest BCUT2D eigenvalue weighted by Gasteiger charge is -2.34. The van der Waals surface area contributed by atoms with E-state index in [9.17, 15) is 4.79 Å². The van der Waals surface area contributed by atoms with Crippen molar-refractivity contribution in [2.24, 2.45) is 5.73 Å². The number of para-hydroxylation sites is 1. The fraction of sp³-hybridized carbons (Fsp3) is 0.500. The van der Waals surface area contributed by atoms with Gasteiger partial charge in [0.05, 0.1) is 22.3 Å². The third kappa shape index (κ3) is 5.01. The molecule has 1 heterocycles. The molecule has 0 bridgehead atoms. The second kappa shape index (κ2) is 8.81. The van der Waals surface area contributed by atoms with Crippen LogP contribution < -0.4 is 11.1 Å². The molecule has 1 saturated heterocycles. The van der Waals surface area contributed by atoms with E-state index in [-0.39, 0.29) is 24.4 Å². The van der Waals surface area contributed by atoms with Gasteiger partial charge < -0.3 is 11.1 Å². The largest absolute Gasteiger partial charge is 0.329 e. The number of hydrogen-bond acceptors (Lipinski definition) is 3. The van der Waals surface area contributed by atoms with Gasteiger partial charge in [-0.1, -0.05) is 35.7 Å². The molecule has 1 aliphatic heterocycles. The Morgan fingerprint density at radius 1 is 1.33 bits per heavy atom. The molecular formula is C14H20Cl3N3O. The average Bonchev–Trinajstić information content (AvgIpc) is 2.44. The number of benzene rings is 1. The topological polar surface area (TPSA) is 58.4 Å². The summed E-state index contributed by atoms with van der Waals surface area (Å²) < 4.78 is 0. The highest BCUT2D eigenvalue weighted by molar-refractivity contribution is 6.39. The summed E-state index contributed by atoms with van der Waals surface area (Å²) in [6.07, 6.45) is 3.34. The molecule has 0 spiro atoms. The van der Waals surface area contributed by atoms with Crippen LogP contribution in [0.4, 0.5) is 5.69 Å². The van der Waals surface area contributed by atoms with Crippen molar-refractivity contribution in [1.82, 2.24) is 4.90 Å². The normalized spacial score (nSPS) is 18.9. The number of amides is 1. The maximum atomic E-state index is 12.1. The van der Waals surface area contributed by atoms with Crippen LogP contribution in [-0.4, -0.2) is 36.5 Å². The second-order valence-electron chi connectivity index (χ2n) is 5.00. The lowest BCUT2D eigenvalue weighted by atomic mass is 10.0. The molecule has 1 aromatic rings. The van der Waals surface area contributed by atoms with Crippen LogP contribution >= 0.6 is 35.6 Å². The standard InChI is InChI=1S/C14H19Cl2N3O.ClH/c15-11-5-3-6-12(16)14(11)18-13(20)9-19-7-2-1-4-10(19)8-17;/h3,5-6,10H,1-2,4,7-9,17H2,(H,18,20);1H. The Morgan fingerprint density at radius 2 is 2.00 bits per heavy atom. The third-order valence-electron chi connectivity index (χ3n) is 3.60. The zero-order chi connectivity index (χ0) is 14.5. The highest BCUT2D eigenvalue weighted by Crippen LogP contribution is 2.29. The quantitative estimate of drug-likeness (QED) is 0.875. The van der Waals surface area contributed by atoms with Crippen LogP contribution in [-0.2, 0) is 4.79 Å². The molecule has 1 unspecified atom stereocenters. The van der Waals surface area contributed by atoms with E-state index in [4.69, 9.17) is 28.9 Å². The summed E-state index contributed by atoms with van der Waals surface area (Å²) in [6, 6.07) is 5.44. The number of carbonyl (C=O) groups excluding carboxylic acids is 1. The van der Waals surface area contributed by atoms with E-state index >= 15 is 0 Å². The van der Waals surface area contributed by atoms with Gasteiger partial charge in [0, 0.05) is 12.6 Å². The fourth-order valence-electron chi connectivity index (χ4n) is 2.52. The van der Waals surface area contributed by atoms with Crippen LogP contribution in [0, 0.1) is 0 Å². The highest BCUT2D eigenvalue weighted by Gasteiger charge is 2.23. The first-order valence-electron chi connectivity index (χ1n) is 6.80. The van der Waals surface area contributed by atoms with Gasteiger partial charge in [-0.05, 0) is 31.5 Å². The molecule has 1 atom stereocenters. The number of nitrogens with zero attached hydrogens (tertiary/aromatic N) is 1. The number of halogens is 3. The van der Waals surface area contributed by atoms with Crippen molar-refractivity contribution in [1.29, 1.82) is 0 Å². The van der Waals surface area contributed by atoms with Gasteiger partial charge in [0.1, 0.15) is 0 Å². The summed E-state index contributed by atoms with van der Waals surface area (Å²) in [6.45, 7) is 1.81. The van der Waals surface area contributed by atoms with Crippen molar-refractivity contribution in [2.45, 2.75) is 25.3 Å². The minimum Gasteiger partial charge on any atom is -0.329 e. The number of anilines is 1. The van der Waals surface area contributed by atoms with Gasteiger partial charge in [-0.2, -0.15) is 0 Å². The molecule has 0 aliphatic carbocycles. The Labute approximate surface area is 141 Å². The molecule has 7 heteroatoms. The lowest BCUT2D eigenvalue weighted by Crippen LogP contribution is -2.47. The Morgan fingerprint density at radius 3 is 2.62 bits per heavy atom. The van der Waals surface area contributed by atoms with Gasteiger partial charge in [-0.3, -0.25) is 9.69 Å². The molecule has 2 rings (SSSR count). The second-order valence-corrected chi connectivity index (χ2v) is 5.82. The molecule has 0 radical (unpaired) electrons. The van der Waals surface area contributed by atoms with Crippen molar-refractivity contribution in [3.8, 4) is 0 Å². The van der Waals surface area contributed by atoms with Gasteiger partial charge in [0.2, 0.25) is 5.91 Å². The van der Waals surface area contributed by atoms with E-state index in [2.05, 4.69) is 10.2 Å². The number of nitrogens with two attached hydrogens (primary N) is 1. The molecule has 0 saturated carbocycles. The van der Waals surface area contributed by atoms with E-state index in [1.165, 1.54) is 6.42 Å². The smallest absolute Gasteiger partial charge is 0.238 e. The summed E-state index contributed by atoms with van der Waals surface area (Å²) in [7, 11) is 0. The molecule has 3 N–H and O–H groups in total. The SMILES string of the molecule is Cl.NCC1CCCCN1CC(=O)Nc1c(Cl)cccc1Cl. The predicted molar refractivity (Wildman–Crippen MR) is 90.6 cm³/mol. The van der Waals surface area contributed by atoms with Crippen molar-refractivity contribution in [3.63, 3.8) is 0 Å². The number of rotatable bonds is 4. The van der Waals surface area contributed by atoms with Crippen LogP contribution in [0.5, 0.6) is 0 Å². The van der Waals surface area contributed by atoms with E-state index in [1.54, 1.807) is 18.2 Å². The molecule has 1 aromatic carbocycles. The number of likely N-dealkylation sites (tertiary alicyclic amines) is 1. The summed E-state index contributed by atoms with van der Waals surface area (Å²) in [5.74, 6) is -0.111. The van der Waals surface area contributed by atoms with Gasteiger partial charge in [0.15, 0.2) is 0 Å². The maximum absolute atomic E-state index is 12.1. The predicted octanol–water partition coefficient (Wildman–Crippen LogP) is 3.17. The summed E-state index contributed by atoms with van der Waals surface area (Å²) in [5.41, 5.74) is 6.23. The first-order chi connectivity index (χ1) is 9.61. The molecule has 1 aliphatic rings. The lowest BCUT2D eigenvalue weighted by molar-refractivity contribution is -0.118. The van der Waals surface area contributed by atoms with Crippen molar-refractivity contribution in [3.05, 3.63) is 28.2 Å². The van der Waals surface area contributed by atoms with Crippen molar-refractivity contribution < 1.29 is 4.79 Å². The summed E-state index contributed by atoms with van der Waals surface area (Å²) >= 11 is 12.1. The summed E-state index contributed by atoms with van der Waals surface area (Å²) in [4.78, 5) is 14.3. The van der Waals surface area contributed by atoms with E-state index in [0.717, 1.165) is 19.4 Å². The average molecular weight is 353 g/mol. The number of carbonyl (C=O) groups is 1. The molecule has 1 fully saturated rings. The monoisotopic (exact) mass is 351 g/mol. The van der Waals surface area contributed by atoms with Gasteiger partial charge in [0.25, 0.3) is 0 Å². The van der Waals surface area contributed by atoms with Crippen LogP contribution in [0.15, 0.2) is 18.2 Å². The highest BCUT2D eigenvalue weighted by atomic mass is 35.5. The van der Waals surface area contributed by atoms with Gasteiger partial charge in [-0.25, -0.2) is 0 Å². The van der Waals surface area contributed by atoms with Crippen molar-refractivity contribution in [2.75, 3.05) is 25.0 Å². The molecule has 118 valence electrons. The molecule has 1 amide bonds. The van der Waals surface area contributed by atoms with E-state index in [0.29, 0.717) is 28.8 Å². The Bertz CT molecular complexity index is 464. The van der Waals surface area contributed by atoms with Crippen LogP contribution in [0.1, 0.15) is 19.3 Å². The molecule has 21 heavy (non-hydrogen) atoms. The Hall–Kier alpha value is -0.520. The zero-order valence-electron chi connectivity index (χ0n) is 11.6. The zero-order valence-corrected chi connectivity index (χ0v) is 14.0. The Kier molecular flexibility index (Phi) is 7.77. The fourth-order valence-corrected chi connectivity index (χ4v) is 3.01. The van der Waals surface area contributed by atoms with Gasteiger partial charge >= 0.3 is 0 Å². The van der Waals surface area contributed by atoms with Crippen molar-refractivity contribution >= 4 is 47.2 Å². The first-order valence-corrected chi connectivity index (χ1v) is 7.55. The van der Waals surface area contributed by atoms with Gasteiger partial charge in [-0.15, -0.1) is 12.4 Å². The van der Waals surface area contributed by atoms with E-state index in [1.807, 2.05) is 0 Å². The van der Waals surface area contributed by atoms with Crippen LogP contribution in [0.3, 0.4) is 0 Å². The molecule has 0 aromatic heterocycles. The Balaban J connectivity index is 0.00000220. The minimum absolute atomic E-state index is 0. The number of hydrogen-bond donors (Lipinski definition) is 2. The molecular weight excluding hydrogens is 333 g/mol. The van der Waals surface area contributed by atoms with E-state index < -0.39 is 0 Å². The summed E-state index contributed by atoms with van der Waals surface area (Å²) in [5, 5.41) is 3.67. The molecule has 4 nitrogen and oxygen atoms in total. The first kappa shape index (κ1) is 18.5. The number of nitrogens with one attached hydrogen (secondary N) is 1. The number of piperidine rings is 1. The van der Waals surface area contributed by atoms with Crippen LogP contribution in [0.2, 0.25) is 10.0 Å². The maximum Gasteiger partial charge on any atom is 0.238 e. The minimum atomic E-state index is -0.111. The third-order valence-corrected chi connectivity index (χ3v) is 4.22. The van der Waals surface area contributed by atoms with Crippen LogP contribution in [0.25, 0.3) is 0 Å².